The number of aromatic nitrogens is 2. The topological polar surface area (TPSA) is 166 Å². The van der Waals surface area contributed by atoms with Gasteiger partial charge in [0, 0.05) is 22.9 Å². The van der Waals surface area contributed by atoms with Gasteiger partial charge in [-0.1, -0.05) is 97.1 Å². The van der Waals surface area contributed by atoms with Crippen molar-refractivity contribution in [2.75, 3.05) is 20.0 Å². The van der Waals surface area contributed by atoms with Crippen LogP contribution in [-0.4, -0.2) is 63.2 Å². The van der Waals surface area contributed by atoms with E-state index in [4.69, 9.17) is 19.9 Å². The van der Waals surface area contributed by atoms with E-state index >= 15 is 0 Å². The second-order valence-corrected chi connectivity index (χ2v) is 11.3. The lowest BCUT2D eigenvalue weighted by atomic mass is 9.63. The molecule has 1 saturated heterocycles. The second kappa shape index (κ2) is 13.1. The van der Waals surface area contributed by atoms with Gasteiger partial charge in [-0.25, -0.2) is 4.79 Å². The van der Waals surface area contributed by atoms with Gasteiger partial charge in [-0.3, -0.25) is 9.36 Å². The van der Waals surface area contributed by atoms with Crippen molar-refractivity contribution in [1.82, 2.24) is 9.55 Å². The molecule has 0 aliphatic carbocycles. The highest BCUT2D eigenvalue weighted by Gasteiger charge is 2.66. The molecule has 245 valence electrons. The van der Waals surface area contributed by atoms with E-state index in [1.54, 1.807) is 91.0 Å². The van der Waals surface area contributed by atoms with Crippen LogP contribution in [0.3, 0.4) is 0 Å². The largest absolute Gasteiger partial charge is 0.496 e. The fourth-order valence-electron chi connectivity index (χ4n) is 6.66. The first-order valence-corrected chi connectivity index (χ1v) is 15.1. The van der Waals surface area contributed by atoms with E-state index in [0.29, 0.717) is 28.2 Å². The smallest absolute Gasteiger partial charge is 0.352 e. The average molecular weight is 649 g/mol. The molecule has 11 heteroatoms. The molecule has 1 fully saturated rings. The van der Waals surface area contributed by atoms with Gasteiger partial charge >= 0.3 is 5.69 Å². The van der Waals surface area contributed by atoms with Crippen molar-refractivity contribution in [3.8, 4) is 11.5 Å². The van der Waals surface area contributed by atoms with E-state index in [9.17, 15) is 24.9 Å². The molecule has 0 bridgehead atoms. The summed E-state index contributed by atoms with van der Waals surface area (Å²) in [6.45, 7) is 0. The van der Waals surface area contributed by atoms with Crippen LogP contribution >= 0.6 is 0 Å². The molecule has 5 aromatic rings. The lowest BCUT2D eigenvalue weighted by molar-refractivity contribution is -0.138. The number of hydrogen-bond acceptors (Lipinski definition) is 10. The van der Waals surface area contributed by atoms with Crippen molar-refractivity contribution in [2.24, 2.45) is 0 Å². The van der Waals surface area contributed by atoms with E-state index < -0.39 is 47.0 Å². The summed E-state index contributed by atoms with van der Waals surface area (Å²) in [6.07, 6.45) is -5.36. The average Bonchev–Trinajstić information content (AvgIpc) is 3.39. The van der Waals surface area contributed by atoms with Gasteiger partial charge in [0.25, 0.3) is 0 Å². The number of carbonyl (C=O) groups is 1. The molecule has 1 aliphatic rings. The molecule has 6 rings (SSSR count). The molecule has 2 heterocycles. The summed E-state index contributed by atoms with van der Waals surface area (Å²) in [5.41, 5.74) is 2.02. The number of anilines is 1. The van der Waals surface area contributed by atoms with E-state index in [-0.39, 0.29) is 11.4 Å². The maximum Gasteiger partial charge on any atom is 0.352 e. The number of benzene rings is 4. The number of rotatable bonds is 10. The Labute approximate surface area is 276 Å². The number of nitrogens with two attached hydrogens (primary N) is 1. The Balaban J connectivity index is 1.65. The van der Waals surface area contributed by atoms with Gasteiger partial charge in [0.15, 0.2) is 6.10 Å². The summed E-state index contributed by atoms with van der Waals surface area (Å²) in [6, 6.07) is 32.2. The molecule has 48 heavy (non-hydrogen) atoms. The van der Waals surface area contributed by atoms with Crippen LogP contribution in [0, 0.1) is 6.10 Å². The summed E-state index contributed by atoms with van der Waals surface area (Å²) in [5, 5.41) is 36.6. The summed E-state index contributed by atoms with van der Waals surface area (Å²) < 4.78 is 18.9. The molecule has 0 spiro atoms. The van der Waals surface area contributed by atoms with E-state index in [0.717, 1.165) is 10.8 Å². The number of hydrogen-bond donors (Lipinski definition) is 4. The predicted octanol–water partition coefficient (Wildman–Crippen LogP) is 3.44. The van der Waals surface area contributed by atoms with Crippen molar-refractivity contribution in [2.45, 2.75) is 29.5 Å². The van der Waals surface area contributed by atoms with Gasteiger partial charge in [0.1, 0.15) is 35.6 Å². The van der Waals surface area contributed by atoms with E-state index in [1.165, 1.54) is 32.4 Å². The molecule has 1 aliphatic heterocycles. The molecular formula is C37H34N3O8. The Morgan fingerprint density at radius 1 is 0.875 bits per heavy atom. The lowest BCUT2D eigenvalue weighted by Crippen LogP contribution is -2.55. The maximum atomic E-state index is 14.4. The number of ketones is 1. The molecule has 1 radical (unpaired) electrons. The van der Waals surface area contributed by atoms with Crippen LogP contribution in [0.1, 0.15) is 27.0 Å². The fourth-order valence-corrected chi connectivity index (χ4v) is 6.66. The van der Waals surface area contributed by atoms with Crippen LogP contribution in [0.15, 0.2) is 126 Å². The molecule has 11 nitrogen and oxygen atoms in total. The van der Waals surface area contributed by atoms with Crippen LogP contribution in [0.5, 0.6) is 11.5 Å². The van der Waals surface area contributed by atoms with Crippen LogP contribution < -0.4 is 20.9 Å². The first-order chi connectivity index (χ1) is 23.2. The normalized spacial score (nSPS) is 20.3. The minimum Gasteiger partial charge on any atom is -0.496 e. The minimum absolute atomic E-state index is 0.0620. The zero-order valence-corrected chi connectivity index (χ0v) is 26.1. The van der Waals surface area contributed by atoms with Crippen LogP contribution in [0.4, 0.5) is 5.82 Å². The Kier molecular flexibility index (Phi) is 8.87. The lowest BCUT2D eigenvalue weighted by Gasteiger charge is -2.43. The standard InChI is InChI=1S/C37H34N3O8/c1-46-27-19-11-9-17-25(27)36(24-15-7-4-8-16-24,26-18-10-12-20-28(26)47-2)34(44)31-30(41)33(43)37(48-31,32(42)23-13-5-3-6-14-23)40-22-21-29(38)39-35(40)45/h3-22,31,33-34,41,43-44H,1-2H3,(H2,38,39,45)/t31-,33+,34?,37+/m0/s1. The molecule has 5 N–H and O–H groups in total. The summed E-state index contributed by atoms with van der Waals surface area (Å²) in [4.78, 5) is 31.6. The van der Waals surface area contributed by atoms with Gasteiger partial charge in [-0.15, -0.1) is 0 Å². The predicted molar refractivity (Wildman–Crippen MR) is 176 cm³/mol. The Morgan fingerprint density at radius 2 is 1.40 bits per heavy atom. The Bertz CT molecular complexity index is 1920. The number of Topliss-reactive ketones (excluding diaryl/α,β-unsaturated/α-hetero) is 1. The highest BCUT2D eigenvalue weighted by molar-refractivity contribution is 6.02. The van der Waals surface area contributed by atoms with Crippen LogP contribution in [-0.2, 0) is 15.9 Å². The number of ether oxygens (including phenoxy) is 3. The van der Waals surface area contributed by atoms with Crippen molar-refractivity contribution < 1.29 is 34.3 Å². The van der Waals surface area contributed by atoms with Crippen molar-refractivity contribution >= 4 is 11.6 Å². The first kappa shape index (κ1) is 32.6. The molecule has 1 aromatic heterocycles. The van der Waals surface area contributed by atoms with Gasteiger partial charge in [0.2, 0.25) is 11.5 Å². The Morgan fingerprint density at radius 3 is 1.94 bits per heavy atom. The molecular weight excluding hydrogens is 614 g/mol. The van der Waals surface area contributed by atoms with Crippen molar-refractivity contribution in [3.05, 3.63) is 160 Å². The number of nitrogens with zero attached hydrogens (tertiary/aromatic N) is 2. The third-order valence-electron chi connectivity index (χ3n) is 8.82. The minimum atomic E-state index is -2.60. The fraction of sp³-hybridized carbons (Fsp3) is 0.189. The number of aliphatic hydroxyl groups is 3. The summed E-state index contributed by atoms with van der Waals surface area (Å²) in [5.74, 6) is -0.235. The van der Waals surface area contributed by atoms with Crippen molar-refractivity contribution in [1.29, 1.82) is 0 Å². The summed E-state index contributed by atoms with van der Waals surface area (Å²) >= 11 is 0. The van der Waals surface area contributed by atoms with Crippen LogP contribution in [0.25, 0.3) is 0 Å². The maximum absolute atomic E-state index is 14.4. The second-order valence-electron chi connectivity index (χ2n) is 11.3. The monoisotopic (exact) mass is 648 g/mol. The van der Waals surface area contributed by atoms with Gasteiger partial charge in [-0.05, 0) is 23.8 Å². The first-order valence-electron chi connectivity index (χ1n) is 15.1. The van der Waals surface area contributed by atoms with E-state index in [2.05, 4.69) is 4.98 Å². The van der Waals surface area contributed by atoms with Gasteiger partial charge < -0.3 is 35.3 Å². The third-order valence-corrected chi connectivity index (χ3v) is 8.82. The number of carbonyl (C=O) groups excluding carboxylic acids is 1. The Hall–Kier alpha value is -5.33. The quantitative estimate of drug-likeness (QED) is 0.130. The van der Waals surface area contributed by atoms with E-state index in [1.807, 2.05) is 6.07 Å². The van der Waals surface area contributed by atoms with Gasteiger partial charge in [0.05, 0.1) is 19.6 Å². The number of nitrogen functional groups attached to an aromatic ring is 1. The zero-order chi connectivity index (χ0) is 34.1. The van der Waals surface area contributed by atoms with Crippen molar-refractivity contribution in [3.63, 3.8) is 0 Å². The highest BCUT2D eigenvalue weighted by atomic mass is 16.6. The SMILES string of the molecule is COc1ccccc1C(c1ccccc1)(c1ccccc1OC)C(O)[C@H]1O[C@@](C(=O)c2ccccc2)(n2ccc(N)nc2=O)[C@H](O)[C]1O. The number of methoxy groups -OCH3 is 2. The summed E-state index contributed by atoms with van der Waals surface area (Å²) in [7, 11) is 2.99. The molecule has 4 atom stereocenters. The number of aliphatic hydroxyl groups excluding tert-OH is 3. The molecule has 1 unspecified atom stereocenters. The molecule has 4 aromatic carbocycles. The highest BCUT2D eigenvalue weighted by Crippen LogP contribution is 2.53. The molecule has 0 amide bonds. The van der Waals surface area contributed by atoms with Crippen LogP contribution in [0.2, 0.25) is 0 Å². The zero-order valence-electron chi connectivity index (χ0n) is 26.1. The number of para-hydroxylation sites is 2. The molecule has 0 saturated carbocycles. The van der Waals surface area contributed by atoms with Gasteiger partial charge in [-0.2, -0.15) is 4.98 Å². The third kappa shape index (κ3) is 5.04.